The van der Waals surface area contributed by atoms with E-state index in [1.165, 1.54) is 17.2 Å². The second-order valence-electron chi connectivity index (χ2n) is 8.14. The van der Waals surface area contributed by atoms with Crippen molar-refractivity contribution in [2.24, 2.45) is 11.3 Å². The summed E-state index contributed by atoms with van der Waals surface area (Å²) in [6, 6.07) is 11.2. The molecule has 0 bridgehead atoms. The van der Waals surface area contributed by atoms with Crippen LogP contribution in [-0.4, -0.2) is 0 Å². The first-order valence-corrected chi connectivity index (χ1v) is 9.45. The minimum absolute atomic E-state index is 0.111. The highest BCUT2D eigenvalue weighted by atomic mass is 35.5. The smallest absolute Gasteiger partial charge is 0.131 e. The van der Waals surface area contributed by atoms with Crippen LogP contribution in [0.4, 0.5) is 4.39 Å². The van der Waals surface area contributed by atoms with Gasteiger partial charge >= 0.3 is 0 Å². The number of halogens is 2. The lowest BCUT2D eigenvalue weighted by atomic mass is 9.79. The van der Waals surface area contributed by atoms with Crippen molar-refractivity contribution in [3.63, 3.8) is 0 Å². The lowest BCUT2D eigenvalue weighted by Gasteiger charge is -2.25. The van der Waals surface area contributed by atoms with Gasteiger partial charge in [0.2, 0.25) is 0 Å². The predicted molar refractivity (Wildman–Crippen MR) is 106 cm³/mol. The van der Waals surface area contributed by atoms with Gasteiger partial charge in [0, 0.05) is 10.6 Å². The Morgan fingerprint density at radius 2 is 1.80 bits per heavy atom. The fourth-order valence-electron chi connectivity index (χ4n) is 3.81. The molecule has 25 heavy (non-hydrogen) atoms. The minimum Gasteiger partial charge on any atom is -0.206 e. The molecule has 0 heterocycles. The highest BCUT2D eigenvalue weighted by Gasteiger charge is 2.30. The van der Waals surface area contributed by atoms with Crippen LogP contribution in [0.3, 0.4) is 0 Å². The Labute approximate surface area is 155 Å². The Morgan fingerprint density at radius 1 is 1.04 bits per heavy atom. The van der Waals surface area contributed by atoms with Crippen molar-refractivity contribution < 1.29 is 4.39 Å². The minimum atomic E-state index is -0.223. The fraction of sp³-hybridized carbons (Fsp3) is 0.391. The largest absolute Gasteiger partial charge is 0.206 e. The van der Waals surface area contributed by atoms with Gasteiger partial charge in [0.1, 0.15) is 5.82 Å². The van der Waals surface area contributed by atoms with Crippen LogP contribution in [-0.2, 0) is 6.42 Å². The molecule has 0 N–H and O–H groups in total. The number of rotatable bonds is 4. The molecule has 3 rings (SSSR count). The molecule has 0 unspecified atom stereocenters. The summed E-state index contributed by atoms with van der Waals surface area (Å²) in [5.74, 6) is 0.367. The van der Waals surface area contributed by atoms with Gasteiger partial charge in [0.25, 0.3) is 0 Å². The van der Waals surface area contributed by atoms with Crippen molar-refractivity contribution in [1.82, 2.24) is 0 Å². The van der Waals surface area contributed by atoms with E-state index in [2.05, 4.69) is 52.0 Å². The molecule has 1 aliphatic rings. The lowest BCUT2D eigenvalue weighted by Crippen LogP contribution is -2.10. The van der Waals surface area contributed by atoms with Crippen molar-refractivity contribution in [2.75, 3.05) is 0 Å². The van der Waals surface area contributed by atoms with Gasteiger partial charge in [0.05, 0.1) is 0 Å². The Kier molecular flexibility index (Phi) is 5.06. The van der Waals surface area contributed by atoms with Crippen molar-refractivity contribution in [3.05, 3.63) is 64.4 Å². The van der Waals surface area contributed by atoms with Crippen molar-refractivity contribution in [1.29, 1.82) is 0 Å². The van der Waals surface area contributed by atoms with E-state index in [0.717, 1.165) is 30.4 Å². The molecule has 0 aromatic heterocycles. The van der Waals surface area contributed by atoms with Gasteiger partial charge in [-0.25, -0.2) is 4.39 Å². The van der Waals surface area contributed by atoms with E-state index >= 15 is 0 Å². The zero-order valence-electron chi connectivity index (χ0n) is 15.5. The first-order chi connectivity index (χ1) is 11.8. The number of hydrogen-bond donors (Lipinski definition) is 0. The third-order valence-electron chi connectivity index (χ3n) is 5.08. The molecule has 0 amide bonds. The summed E-state index contributed by atoms with van der Waals surface area (Å²) in [6.07, 6.45) is 5.56. The van der Waals surface area contributed by atoms with E-state index in [1.54, 1.807) is 12.1 Å². The molecule has 0 radical (unpaired) electrons. The second kappa shape index (κ2) is 6.96. The summed E-state index contributed by atoms with van der Waals surface area (Å²) in [6.45, 7) is 9.00. The molecule has 0 aliphatic heterocycles. The Morgan fingerprint density at radius 3 is 2.44 bits per heavy atom. The van der Waals surface area contributed by atoms with E-state index < -0.39 is 0 Å². The van der Waals surface area contributed by atoms with Gasteiger partial charge in [0.15, 0.2) is 0 Å². The maximum atomic E-state index is 14.5. The van der Waals surface area contributed by atoms with Gasteiger partial charge in [-0.3, -0.25) is 0 Å². The van der Waals surface area contributed by atoms with Gasteiger partial charge < -0.3 is 0 Å². The van der Waals surface area contributed by atoms with E-state index in [-0.39, 0.29) is 11.2 Å². The Hall–Kier alpha value is -1.60. The average Bonchev–Trinajstić information content (AvgIpc) is 2.88. The molecule has 0 atom stereocenters. The van der Waals surface area contributed by atoms with Crippen LogP contribution in [0.5, 0.6) is 0 Å². The summed E-state index contributed by atoms with van der Waals surface area (Å²) >= 11 is 6.15. The Bertz CT molecular complexity index is 815. The average molecular weight is 357 g/mol. The van der Waals surface area contributed by atoms with Crippen molar-refractivity contribution in [2.45, 2.75) is 47.0 Å². The summed E-state index contributed by atoms with van der Waals surface area (Å²) in [4.78, 5) is 0. The third kappa shape index (κ3) is 3.82. The van der Waals surface area contributed by atoms with Crippen molar-refractivity contribution in [3.8, 4) is 11.1 Å². The van der Waals surface area contributed by atoms with E-state index in [4.69, 9.17) is 11.6 Å². The SMILES string of the molecule is CC(C)Cc1ccc(-c2cc(Cl)ccc2F)c(C2=CCCC2(C)C)c1. The lowest BCUT2D eigenvalue weighted by molar-refractivity contribution is 0.487. The van der Waals surface area contributed by atoms with E-state index in [1.807, 2.05) is 0 Å². The highest BCUT2D eigenvalue weighted by Crippen LogP contribution is 2.47. The number of hydrogen-bond acceptors (Lipinski definition) is 0. The summed E-state index contributed by atoms with van der Waals surface area (Å²) < 4.78 is 14.5. The highest BCUT2D eigenvalue weighted by molar-refractivity contribution is 6.30. The second-order valence-corrected chi connectivity index (χ2v) is 8.58. The molecular formula is C23H26ClF. The van der Waals surface area contributed by atoms with Crippen LogP contribution in [0.2, 0.25) is 5.02 Å². The number of allylic oxidation sites excluding steroid dienone is 2. The molecule has 132 valence electrons. The molecule has 0 fully saturated rings. The van der Waals surface area contributed by atoms with Crippen LogP contribution in [0.15, 0.2) is 42.5 Å². The summed E-state index contributed by atoms with van der Waals surface area (Å²) in [5.41, 5.74) is 5.42. The monoisotopic (exact) mass is 356 g/mol. The molecule has 0 saturated carbocycles. The summed E-state index contributed by atoms with van der Waals surface area (Å²) in [7, 11) is 0. The number of benzene rings is 2. The molecule has 0 spiro atoms. The fourth-order valence-corrected chi connectivity index (χ4v) is 3.99. The van der Waals surface area contributed by atoms with Gasteiger partial charge in [-0.05, 0) is 71.1 Å². The topological polar surface area (TPSA) is 0 Å². The predicted octanol–water partition coefficient (Wildman–Crippen LogP) is 7.55. The zero-order chi connectivity index (χ0) is 18.2. The standard InChI is InChI=1S/C23H26ClF/c1-15(2)12-16-7-9-18(20-14-17(24)8-10-22(20)25)19(13-16)21-6-5-11-23(21,3)4/h6-10,13-15H,5,11-12H2,1-4H3. The van der Waals surface area contributed by atoms with Crippen LogP contribution in [0.1, 0.15) is 51.7 Å². The first-order valence-electron chi connectivity index (χ1n) is 9.07. The third-order valence-corrected chi connectivity index (χ3v) is 5.32. The van der Waals surface area contributed by atoms with Crippen LogP contribution < -0.4 is 0 Å². The van der Waals surface area contributed by atoms with Crippen LogP contribution in [0.25, 0.3) is 16.7 Å². The van der Waals surface area contributed by atoms with Crippen LogP contribution in [0, 0.1) is 17.2 Å². The van der Waals surface area contributed by atoms with Crippen LogP contribution >= 0.6 is 11.6 Å². The quantitative estimate of drug-likeness (QED) is 0.530. The zero-order valence-corrected chi connectivity index (χ0v) is 16.3. The maximum Gasteiger partial charge on any atom is 0.131 e. The van der Waals surface area contributed by atoms with Gasteiger partial charge in [-0.2, -0.15) is 0 Å². The van der Waals surface area contributed by atoms with E-state index in [0.29, 0.717) is 16.5 Å². The maximum absolute atomic E-state index is 14.5. The van der Waals surface area contributed by atoms with E-state index in [9.17, 15) is 4.39 Å². The molecule has 2 aromatic rings. The molecule has 0 nitrogen and oxygen atoms in total. The summed E-state index contributed by atoms with van der Waals surface area (Å²) in [5, 5.41) is 0.563. The molecule has 1 aliphatic carbocycles. The van der Waals surface area contributed by atoms with Crippen molar-refractivity contribution >= 4 is 17.2 Å². The Balaban J connectivity index is 2.20. The van der Waals surface area contributed by atoms with Gasteiger partial charge in [-0.15, -0.1) is 0 Å². The molecule has 2 heteroatoms. The molecule has 0 saturated heterocycles. The van der Waals surface area contributed by atoms with Gasteiger partial charge in [-0.1, -0.05) is 63.6 Å². The normalized spacial score (nSPS) is 16.4. The molecule has 2 aromatic carbocycles. The first kappa shape index (κ1) is 18.2. The molecular weight excluding hydrogens is 331 g/mol.